The van der Waals surface area contributed by atoms with Crippen molar-refractivity contribution in [2.45, 2.75) is 0 Å². The van der Waals surface area contributed by atoms with Crippen LogP contribution in [-0.2, 0) is 9.63 Å². The fourth-order valence-electron chi connectivity index (χ4n) is 1.02. The third kappa shape index (κ3) is 3.11. The first-order chi connectivity index (χ1) is 7.15. The Morgan fingerprint density at radius 3 is 2.73 bits per heavy atom. The molecule has 1 amide bonds. The summed E-state index contributed by atoms with van der Waals surface area (Å²) in [6.07, 6.45) is 3.07. The van der Waals surface area contributed by atoms with Gasteiger partial charge in [-0.2, -0.15) is 0 Å². The quantitative estimate of drug-likeness (QED) is 0.461. The molecular weight excluding hydrogens is 192 g/mol. The number of anilines is 1. The lowest BCUT2D eigenvalue weighted by Crippen LogP contribution is -2.22. The molecule has 0 bridgehead atoms. The van der Waals surface area contributed by atoms with Gasteiger partial charge in [-0.3, -0.25) is 9.63 Å². The van der Waals surface area contributed by atoms with Crippen LogP contribution in [0.3, 0.4) is 0 Å². The molecule has 0 aliphatic carbocycles. The van der Waals surface area contributed by atoms with E-state index in [9.17, 15) is 4.79 Å². The van der Waals surface area contributed by atoms with E-state index in [0.29, 0.717) is 5.69 Å². The lowest BCUT2D eigenvalue weighted by molar-refractivity contribution is -0.162. The summed E-state index contributed by atoms with van der Waals surface area (Å²) in [7, 11) is 2.98. The molecule has 1 rings (SSSR count). The molecule has 4 heteroatoms. The second-order valence-electron chi connectivity index (χ2n) is 2.98. The van der Waals surface area contributed by atoms with Crippen molar-refractivity contribution in [3.8, 4) is 0 Å². The minimum absolute atomic E-state index is 0.235. The summed E-state index contributed by atoms with van der Waals surface area (Å²) in [5.41, 5.74) is 7.16. The van der Waals surface area contributed by atoms with Crippen LogP contribution < -0.4 is 5.73 Å². The van der Waals surface area contributed by atoms with Crippen molar-refractivity contribution >= 4 is 17.7 Å². The minimum Gasteiger partial charge on any atom is -0.398 e. The summed E-state index contributed by atoms with van der Waals surface area (Å²) in [5.74, 6) is -0.235. The van der Waals surface area contributed by atoms with Gasteiger partial charge in [0.1, 0.15) is 0 Å². The largest absolute Gasteiger partial charge is 0.398 e. The zero-order chi connectivity index (χ0) is 11.3. The van der Waals surface area contributed by atoms with Crippen molar-refractivity contribution < 1.29 is 9.63 Å². The number of hydrogen-bond acceptors (Lipinski definition) is 3. The van der Waals surface area contributed by atoms with Gasteiger partial charge in [-0.05, 0) is 17.7 Å². The molecule has 2 N–H and O–H groups in total. The Labute approximate surface area is 88.9 Å². The normalized spacial score (nSPS) is 10.5. The number of nitrogens with zero attached hydrogens (tertiary/aromatic N) is 1. The molecule has 4 nitrogen and oxygen atoms in total. The van der Waals surface area contributed by atoms with E-state index in [1.54, 1.807) is 19.2 Å². The van der Waals surface area contributed by atoms with Crippen LogP contribution in [0.5, 0.6) is 0 Å². The number of rotatable bonds is 3. The second kappa shape index (κ2) is 5.17. The molecule has 80 valence electrons. The average molecular weight is 206 g/mol. The molecule has 0 radical (unpaired) electrons. The maximum Gasteiger partial charge on any atom is 0.269 e. The first-order valence-corrected chi connectivity index (χ1v) is 4.49. The fraction of sp³-hybridized carbons (Fsp3) is 0.182. The molecule has 0 heterocycles. The van der Waals surface area contributed by atoms with E-state index >= 15 is 0 Å². The fourth-order valence-corrected chi connectivity index (χ4v) is 1.02. The topological polar surface area (TPSA) is 55.6 Å². The van der Waals surface area contributed by atoms with Crippen LogP contribution in [0.4, 0.5) is 5.69 Å². The van der Waals surface area contributed by atoms with Gasteiger partial charge >= 0.3 is 0 Å². The maximum absolute atomic E-state index is 11.3. The van der Waals surface area contributed by atoms with E-state index in [2.05, 4.69) is 0 Å². The lowest BCUT2D eigenvalue weighted by Gasteiger charge is -2.10. The number of hydrogen-bond donors (Lipinski definition) is 1. The highest BCUT2D eigenvalue weighted by atomic mass is 16.7. The molecule has 0 atom stereocenters. The zero-order valence-corrected chi connectivity index (χ0v) is 8.81. The molecule has 0 aliphatic heterocycles. The van der Waals surface area contributed by atoms with Gasteiger partial charge in [0.25, 0.3) is 5.91 Å². The van der Waals surface area contributed by atoms with Crippen molar-refractivity contribution in [3.05, 3.63) is 35.9 Å². The third-order valence-electron chi connectivity index (χ3n) is 1.99. The summed E-state index contributed by atoms with van der Waals surface area (Å²) < 4.78 is 0. The van der Waals surface area contributed by atoms with Crippen LogP contribution >= 0.6 is 0 Å². The number of nitrogen functional groups attached to an aromatic ring is 1. The highest BCUT2D eigenvalue weighted by Crippen LogP contribution is 2.12. The molecule has 15 heavy (non-hydrogen) atoms. The number of nitrogens with two attached hydrogens (primary N) is 1. The van der Waals surface area contributed by atoms with Crippen molar-refractivity contribution in [2.24, 2.45) is 0 Å². The van der Waals surface area contributed by atoms with E-state index in [-0.39, 0.29) is 5.91 Å². The predicted octanol–water partition coefficient (Wildman–Crippen LogP) is 1.30. The van der Waals surface area contributed by atoms with Crippen LogP contribution in [0, 0.1) is 0 Å². The number of benzene rings is 1. The van der Waals surface area contributed by atoms with Crippen LogP contribution in [0.1, 0.15) is 5.56 Å². The van der Waals surface area contributed by atoms with Crippen LogP contribution in [-0.4, -0.2) is 25.1 Å². The van der Waals surface area contributed by atoms with Gasteiger partial charge < -0.3 is 5.73 Å². The Bertz CT molecular complexity index is 375. The molecule has 0 saturated heterocycles. The van der Waals surface area contributed by atoms with E-state index in [4.69, 9.17) is 10.6 Å². The Balaban J connectivity index is 2.74. The van der Waals surface area contributed by atoms with Gasteiger partial charge in [-0.25, -0.2) is 5.06 Å². The zero-order valence-electron chi connectivity index (χ0n) is 8.81. The minimum atomic E-state index is -0.235. The van der Waals surface area contributed by atoms with Gasteiger partial charge in [0.05, 0.1) is 7.11 Å². The van der Waals surface area contributed by atoms with Gasteiger partial charge in [0, 0.05) is 18.8 Å². The SMILES string of the molecule is CON(C)C(=O)/C=C/c1ccccc1N. The van der Waals surface area contributed by atoms with Crippen molar-refractivity contribution in [2.75, 3.05) is 19.9 Å². The monoisotopic (exact) mass is 206 g/mol. The Kier molecular flexibility index (Phi) is 3.88. The first-order valence-electron chi connectivity index (χ1n) is 4.49. The number of carbonyl (C=O) groups is 1. The molecule has 0 aliphatic rings. The van der Waals surface area contributed by atoms with Crippen LogP contribution in [0.25, 0.3) is 6.08 Å². The third-order valence-corrected chi connectivity index (χ3v) is 1.99. The van der Waals surface area contributed by atoms with E-state index < -0.39 is 0 Å². The number of likely N-dealkylation sites (N-methyl/N-ethyl adjacent to an activating group) is 1. The Hall–Kier alpha value is -1.81. The molecular formula is C11H14N2O2. The molecule has 1 aromatic carbocycles. The second-order valence-corrected chi connectivity index (χ2v) is 2.98. The number of para-hydroxylation sites is 1. The summed E-state index contributed by atoms with van der Waals surface area (Å²) >= 11 is 0. The lowest BCUT2D eigenvalue weighted by atomic mass is 10.1. The van der Waals surface area contributed by atoms with Crippen LogP contribution in [0.2, 0.25) is 0 Å². The van der Waals surface area contributed by atoms with Crippen LogP contribution in [0.15, 0.2) is 30.3 Å². The van der Waals surface area contributed by atoms with E-state index in [1.807, 2.05) is 18.2 Å². The number of carbonyl (C=O) groups excluding carboxylic acids is 1. The van der Waals surface area contributed by atoms with Gasteiger partial charge in [0.2, 0.25) is 0 Å². The first kappa shape index (κ1) is 11.3. The summed E-state index contributed by atoms with van der Waals surface area (Å²) in [4.78, 5) is 16.1. The number of hydroxylamine groups is 2. The molecule has 0 fully saturated rings. The summed E-state index contributed by atoms with van der Waals surface area (Å²) in [6, 6.07) is 7.33. The van der Waals surface area contributed by atoms with Gasteiger partial charge in [-0.1, -0.05) is 18.2 Å². The average Bonchev–Trinajstić information content (AvgIpc) is 2.26. The number of amides is 1. The predicted molar refractivity (Wildman–Crippen MR) is 59.7 cm³/mol. The molecule has 0 spiro atoms. The molecule has 0 aromatic heterocycles. The standard InChI is InChI=1S/C11H14N2O2/c1-13(15-2)11(14)8-7-9-5-3-4-6-10(9)12/h3-8H,12H2,1-2H3/b8-7+. The van der Waals surface area contributed by atoms with E-state index in [0.717, 1.165) is 10.6 Å². The van der Waals surface area contributed by atoms with Crippen molar-refractivity contribution in [1.82, 2.24) is 5.06 Å². The highest BCUT2D eigenvalue weighted by Gasteiger charge is 2.02. The smallest absolute Gasteiger partial charge is 0.269 e. The molecule has 1 aromatic rings. The summed E-state index contributed by atoms with van der Waals surface area (Å²) in [5, 5.41) is 1.13. The Morgan fingerprint density at radius 2 is 2.13 bits per heavy atom. The van der Waals surface area contributed by atoms with Crippen molar-refractivity contribution in [3.63, 3.8) is 0 Å². The Morgan fingerprint density at radius 1 is 1.47 bits per heavy atom. The molecule has 0 saturated carbocycles. The van der Waals surface area contributed by atoms with Gasteiger partial charge in [0.15, 0.2) is 0 Å². The maximum atomic E-state index is 11.3. The highest BCUT2D eigenvalue weighted by molar-refractivity contribution is 5.91. The van der Waals surface area contributed by atoms with Crippen molar-refractivity contribution in [1.29, 1.82) is 0 Å². The van der Waals surface area contributed by atoms with Gasteiger partial charge in [-0.15, -0.1) is 0 Å². The summed E-state index contributed by atoms with van der Waals surface area (Å²) in [6.45, 7) is 0. The van der Waals surface area contributed by atoms with E-state index in [1.165, 1.54) is 13.2 Å². The molecule has 0 unspecified atom stereocenters.